The summed E-state index contributed by atoms with van der Waals surface area (Å²) in [5.74, 6) is 0. The normalized spacial score (nSPS) is 15.0. The average Bonchev–Trinajstić information content (AvgIpc) is 1.86. The minimum atomic E-state index is 0.471. The maximum atomic E-state index is 2.97. The van der Waals surface area contributed by atoms with Crippen LogP contribution >= 0.6 is 9.24 Å². The van der Waals surface area contributed by atoms with E-state index in [4.69, 9.17) is 0 Å². The van der Waals surface area contributed by atoms with Gasteiger partial charge < -0.3 is 0 Å². The van der Waals surface area contributed by atoms with E-state index in [0.29, 0.717) is 5.41 Å². The molecule has 0 amide bonds. The van der Waals surface area contributed by atoms with Gasteiger partial charge in [0.25, 0.3) is 0 Å². The molecular formula is C10H23P. The molecule has 0 heterocycles. The van der Waals surface area contributed by atoms with Gasteiger partial charge in [0.1, 0.15) is 0 Å². The maximum Gasteiger partial charge on any atom is -0.0215 e. The summed E-state index contributed by atoms with van der Waals surface area (Å²) in [6.45, 7) is 9.21. The van der Waals surface area contributed by atoms with Crippen molar-refractivity contribution in [3.05, 3.63) is 0 Å². The molecule has 2 atom stereocenters. The van der Waals surface area contributed by atoms with Crippen LogP contribution in [-0.2, 0) is 0 Å². The lowest BCUT2D eigenvalue weighted by Gasteiger charge is -2.26. The molecule has 0 N–H and O–H groups in total. The molecule has 0 aromatic rings. The zero-order chi connectivity index (χ0) is 8.91. The first-order valence-corrected chi connectivity index (χ1v) is 5.40. The molecule has 0 aliphatic carbocycles. The predicted molar refractivity (Wildman–Crippen MR) is 57.1 cm³/mol. The van der Waals surface area contributed by atoms with Crippen LogP contribution in [0.3, 0.4) is 0 Å². The highest BCUT2D eigenvalue weighted by molar-refractivity contribution is 7.17. The Kier molecular flexibility index (Phi) is 5.34. The Labute approximate surface area is 74.4 Å². The van der Waals surface area contributed by atoms with Crippen LogP contribution in [0, 0.1) is 5.41 Å². The van der Waals surface area contributed by atoms with Crippen molar-refractivity contribution in [3.63, 3.8) is 0 Å². The van der Waals surface area contributed by atoms with E-state index in [1.165, 1.54) is 25.7 Å². The van der Waals surface area contributed by atoms with Gasteiger partial charge in [0.2, 0.25) is 0 Å². The van der Waals surface area contributed by atoms with Crippen LogP contribution in [0.2, 0.25) is 0 Å². The fraction of sp³-hybridized carbons (Fsp3) is 1.00. The first-order chi connectivity index (χ1) is 4.98. The van der Waals surface area contributed by atoms with E-state index in [1.54, 1.807) is 0 Å². The molecule has 1 heteroatoms. The lowest BCUT2D eigenvalue weighted by Crippen LogP contribution is -2.19. The third-order valence-electron chi connectivity index (χ3n) is 2.23. The van der Waals surface area contributed by atoms with Gasteiger partial charge in [0, 0.05) is 0 Å². The number of rotatable bonds is 4. The molecular weight excluding hydrogens is 151 g/mol. The number of hydrogen-bond donors (Lipinski definition) is 0. The molecule has 0 spiro atoms. The van der Waals surface area contributed by atoms with Crippen LogP contribution in [0.5, 0.6) is 0 Å². The van der Waals surface area contributed by atoms with Crippen molar-refractivity contribution in [1.82, 2.24) is 0 Å². The van der Waals surface area contributed by atoms with Crippen LogP contribution in [-0.4, -0.2) is 5.66 Å². The van der Waals surface area contributed by atoms with Crippen molar-refractivity contribution in [2.24, 2.45) is 5.41 Å². The van der Waals surface area contributed by atoms with E-state index in [0.717, 1.165) is 5.66 Å². The van der Waals surface area contributed by atoms with Crippen molar-refractivity contribution >= 4 is 9.24 Å². The van der Waals surface area contributed by atoms with Crippen molar-refractivity contribution in [1.29, 1.82) is 0 Å². The van der Waals surface area contributed by atoms with Crippen molar-refractivity contribution < 1.29 is 0 Å². The minimum absolute atomic E-state index is 0.471. The molecule has 0 radical (unpaired) electrons. The van der Waals surface area contributed by atoms with E-state index in [2.05, 4.69) is 36.9 Å². The molecule has 2 unspecified atom stereocenters. The van der Waals surface area contributed by atoms with Gasteiger partial charge in [0.05, 0.1) is 0 Å². The summed E-state index contributed by atoms with van der Waals surface area (Å²) < 4.78 is 0. The summed E-state index contributed by atoms with van der Waals surface area (Å²) in [4.78, 5) is 0. The zero-order valence-electron chi connectivity index (χ0n) is 8.48. The number of unbranched alkanes of at least 4 members (excludes halogenated alkanes) is 2. The summed E-state index contributed by atoms with van der Waals surface area (Å²) in [6, 6.07) is 0. The molecule has 0 aliphatic rings. The Hall–Kier alpha value is 0.430. The van der Waals surface area contributed by atoms with Crippen LogP contribution in [0.15, 0.2) is 0 Å². The maximum absolute atomic E-state index is 2.97. The van der Waals surface area contributed by atoms with Gasteiger partial charge in [-0.15, -0.1) is 9.24 Å². The fourth-order valence-corrected chi connectivity index (χ4v) is 1.28. The Morgan fingerprint density at radius 2 is 1.73 bits per heavy atom. The van der Waals surface area contributed by atoms with Gasteiger partial charge in [-0.25, -0.2) is 0 Å². The Morgan fingerprint density at radius 1 is 1.18 bits per heavy atom. The Bertz CT molecular complexity index is 91.5. The third-order valence-corrected chi connectivity index (χ3v) is 3.56. The van der Waals surface area contributed by atoms with Gasteiger partial charge in [-0.2, -0.15) is 0 Å². The monoisotopic (exact) mass is 174 g/mol. The SMILES string of the molecule is CCCCCC(P)C(C)(C)C. The highest BCUT2D eigenvalue weighted by Gasteiger charge is 2.18. The number of hydrogen-bond acceptors (Lipinski definition) is 0. The van der Waals surface area contributed by atoms with Gasteiger partial charge in [0.15, 0.2) is 0 Å². The smallest absolute Gasteiger partial charge is 0.0215 e. The summed E-state index contributed by atoms with van der Waals surface area (Å²) in [7, 11) is 2.97. The zero-order valence-corrected chi connectivity index (χ0v) is 9.64. The summed E-state index contributed by atoms with van der Waals surface area (Å²) >= 11 is 0. The summed E-state index contributed by atoms with van der Waals surface area (Å²) in [6.07, 6.45) is 5.48. The topological polar surface area (TPSA) is 0 Å². The lowest BCUT2D eigenvalue weighted by molar-refractivity contribution is 0.371. The second-order valence-electron chi connectivity index (χ2n) is 4.47. The first kappa shape index (κ1) is 11.4. The van der Waals surface area contributed by atoms with Gasteiger partial charge >= 0.3 is 0 Å². The Balaban J connectivity index is 3.44. The molecule has 0 nitrogen and oxygen atoms in total. The fourth-order valence-electron chi connectivity index (χ4n) is 1.05. The third kappa shape index (κ3) is 5.67. The standard InChI is InChI=1S/C10H23P/c1-5-6-7-8-9(11)10(2,3)4/h9H,5-8,11H2,1-4H3. The van der Waals surface area contributed by atoms with Crippen LogP contribution in [0.25, 0.3) is 0 Å². The second kappa shape index (κ2) is 5.14. The van der Waals surface area contributed by atoms with E-state index < -0.39 is 0 Å². The van der Waals surface area contributed by atoms with E-state index in [-0.39, 0.29) is 0 Å². The molecule has 0 saturated heterocycles. The van der Waals surface area contributed by atoms with E-state index in [1.807, 2.05) is 0 Å². The summed E-state index contributed by atoms with van der Waals surface area (Å²) in [5.41, 5.74) is 1.26. The molecule has 0 bridgehead atoms. The average molecular weight is 174 g/mol. The molecule has 0 fully saturated rings. The molecule has 0 aromatic heterocycles. The van der Waals surface area contributed by atoms with Gasteiger partial charge in [-0.1, -0.05) is 47.0 Å². The molecule has 0 saturated carbocycles. The largest absolute Gasteiger partial charge is 0.134 e. The predicted octanol–water partition coefficient (Wildman–Crippen LogP) is 3.86. The quantitative estimate of drug-likeness (QED) is 0.448. The van der Waals surface area contributed by atoms with Crippen molar-refractivity contribution in [2.75, 3.05) is 0 Å². The summed E-state index contributed by atoms with van der Waals surface area (Å²) in [5, 5.41) is 0. The van der Waals surface area contributed by atoms with Crippen LogP contribution < -0.4 is 0 Å². The molecule has 0 aliphatic heterocycles. The Morgan fingerprint density at radius 3 is 2.09 bits per heavy atom. The van der Waals surface area contributed by atoms with Gasteiger partial charge in [-0.3, -0.25) is 0 Å². The van der Waals surface area contributed by atoms with Crippen LogP contribution in [0.4, 0.5) is 0 Å². The molecule has 68 valence electrons. The second-order valence-corrected chi connectivity index (χ2v) is 5.27. The van der Waals surface area contributed by atoms with Crippen molar-refractivity contribution in [3.8, 4) is 0 Å². The van der Waals surface area contributed by atoms with Crippen LogP contribution in [0.1, 0.15) is 53.4 Å². The molecule has 0 rings (SSSR count). The minimum Gasteiger partial charge on any atom is -0.134 e. The van der Waals surface area contributed by atoms with Gasteiger partial charge in [-0.05, 0) is 17.5 Å². The van der Waals surface area contributed by atoms with Crippen molar-refractivity contribution in [2.45, 2.75) is 59.0 Å². The van der Waals surface area contributed by atoms with E-state index >= 15 is 0 Å². The molecule has 0 aromatic carbocycles. The highest BCUT2D eigenvalue weighted by atomic mass is 31.0. The van der Waals surface area contributed by atoms with E-state index in [9.17, 15) is 0 Å². The molecule has 11 heavy (non-hydrogen) atoms. The lowest BCUT2D eigenvalue weighted by atomic mass is 9.88. The first-order valence-electron chi connectivity index (χ1n) is 4.74. The highest BCUT2D eigenvalue weighted by Crippen LogP contribution is 2.30.